The second kappa shape index (κ2) is 9.13. The highest BCUT2D eigenvalue weighted by atomic mass is 35.5. The lowest BCUT2D eigenvalue weighted by Crippen LogP contribution is -2.10. The van der Waals surface area contributed by atoms with Crippen molar-refractivity contribution in [3.63, 3.8) is 0 Å². The molecule has 4 rings (SSSR count). The minimum Gasteiger partial charge on any atom is -0.506 e. The number of nitrogens with two attached hydrogens (primary N) is 1. The summed E-state index contributed by atoms with van der Waals surface area (Å²) in [4.78, 5) is 11.8. The van der Waals surface area contributed by atoms with Crippen LogP contribution in [0.2, 0.25) is 9.36 Å². The van der Waals surface area contributed by atoms with Crippen LogP contribution >= 0.6 is 34.5 Å². The summed E-state index contributed by atoms with van der Waals surface area (Å²) in [5.74, 6) is -0.622. The van der Waals surface area contributed by atoms with Gasteiger partial charge >= 0.3 is 0 Å². The molecule has 0 bridgehead atoms. The number of aromatic nitrogens is 1. The number of carbonyl (C=O) groups excluding carboxylic acids is 1. The first-order chi connectivity index (χ1) is 13.9. The smallest absolute Gasteiger partial charge is 0.248 e. The molecule has 0 aliphatic rings. The average Bonchev–Trinajstić information content (AvgIpc) is 3.30. The molecule has 0 spiro atoms. The highest BCUT2D eigenvalue weighted by molar-refractivity contribution is 7.16. The van der Waals surface area contributed by atoms with Gasteiger partial charge in [-0.05, 0) is 42.5 Å². The number of thiophene rings is 1. The van der Waals surface area contributed by atoms with Crippen molar-refractivity contribution in [1.29, 1.82) is 5.41 Å². The van der Waals surface area contributed by atoms with Crippen molar-refractivity contribution in [3.05, 3.63) is 86.2 Å². The zero-order chi connectivity index (χ0) is 21.0. The van der Waals surface area contributed by atoms with Crippen LogP contribution in [0.4, 0.5) is 0 Å². The zero-order valence-corrected chi connectivity index (χ0v) is 17.4. The summed E-state index contributed by atoms with van der Waals surface area (Å²) in [6.07, 6.45) is 3.46. The van der Waals surface area contributed by atoms with Crippen molar-refractivity contribution in [2.24, 2.45) is 5.73 Å². The SMILES string of the molecule is N=Cc1cccc2c1ccn2Cc1ccc(Cl)s1.NC(=O)c1ccc(O)c(Cl)c1. The molecule has 5 nitrogen and oxygen atoms in total. The third kappa shape index (κ3) is 4.98. The number of nitrogens with zero attached hydrogens (tertiary/aromatic N) is 1. The van der Waals surface area contributed by atoms with Gasteiger partial charge in [0.2, 0.25) is 5.91 Å². The minimum absolute atomic E-state index is 0.0586. The van der Waals surface area contributed by atoms with Crippen LogP contribution in [0.5, 0.6) is 5.75 Å². The number of aromatic hydroxyl groups is 1. The minimum atomic E-state index is -0.563. The Bertz CT molecular complexity index is 1180. The Balaban J connectivity index is 0.000000188. The number of hydrogen-bond donors (Lipinski definition) is 3. The largest absolute Gasteiger partial charge is 0.506 e. The number of phenols is 1. The van der Waals surface area contributed by atoms with E-state index in [1.807, 2.05) is 18.2 Å². The van der Waals surface area contributed by atoms with Crippen LogP contribution in [-0.2, 0) is 6.54 Å². The highest BCUT2D eigenvalue weighted by Crippen LogP contribution is 2.25. The van der Waals surface area contributed by atoms with Crippen molar-refractivity contribution in [2.75, 3.05) is 0 Å². The Kier molecular flexibility index (Phi) is 6.59. The van der Waals surface area contributed by atoms with Gasteiger partial charge in [-0.25, -0.2) is 0 Å². The van der Waals surface area contributed by atoms with Crippen molar-refractivity contribution in [2.45, 2.75) is 6.54 Å². The molecular formula is C21H17Cl2N3O2S. The summed E-state index contributed by atoms with van der Waals surface area (Å²) in [6, 6.07) is 16.1. The average molecular weight is 446 g/mol. The zero-order valence-electron chi connectivity index (χ0n) is 15.1. The van der Waals surface area contributed by atoms with Crippen molar-refractivity contribution < 1.29 is 9.90 Å². The molecule has 0 radical (unpaired) electrons. The van der Waals surface area contributed by atoms with Gasteiger partial charge in [-0.1, -0.05) is 35.3 Å². The number of benzene rings is 2. The molecular weight excluding hydrogens is 429 g/mol. The molecule has 0 aliphatic carbocycles. The van der Waals surface area contributed by atoms with E-state index in [-0.39, 0.29) is 16.3 Å². The number of amides is 1. The maximum atomic E-state index is 10.5. The van der Waals surface area contributed by atoms with E-state index in [4.69, 9.17) is 39.5 Å². The fourth-order valence-electron chi connectivity index (χ4n) is 2.78. The summed E-state index contributed by atoms with van der Waals surface area (Å²) in [5.41, 5.74) is 7.35. The molecule has 0 atom stereocenters. The van der Waals surface area contributed by atoms with E-state index >= 15 is 0 Å². The van der Waals surface area contributed by atoms with Gasteiger partial charge in [0.05, 0.1) is 15.9 Å². The Morgan fingerprint density at radius 3 is 2.59 bits per heavy atom. The van der Waals surface area contributed by atoms with Gasteiger partial charge in [0.25, 0.3) is 0 Å². The van der Waals surface area contributed by atoms with Gasteiger partial charge < -0.3 is 20.8 Å². The standard InChI is InChI=1S/C14H11ClN2S.C7H6ClNO2/c15-14-5-4-11(18-14)9-17-7-6-12-10(8-16)2-1-3-13(12)17;8-5-3-4(7(9)11)1-2-6(5)10/h1-8,16H,9H2;1-3,10H,(H2,9,11). The van der Waals surface area contributed by atoms with Crippen molar-refractivity contribution in [3.8, 4) is 5.75 Å². The molecule has 2 aromatic heterocycles. The van der Waals surface area contributed by atoms with E-state index in [1.165, 1.54) is 29.3 Å². The third-order valence-electron chi connectivity index (χ3n) is 4.19. The van der Waals surface area contributed by atoms with Gasteiger partial charge in [0.1, 0.15) is 5.75 Å². The molecule has 4 N–H and O–H groups in total. The molecule has 29 heavy (non-hydrogen) atoms. The second-order valence-electron chi connectivity index (χ2n) is 6.10. The summed E-state index contributed by atoms with van der Waals surface area (Å²) >= 11 is 13.1. The first kappa shape index (κ1) is 20.9. The molecule has 1 amide bonds. The fourth-order valence-corrected chi connectivity index (χ4v) is 4.04. The fraction of sp³-hybridized carbons (Fsp3) is 0.0476. The molecule has 148 valence electrons. The maximum absolute atomic E-state index is 10.5. The molecule has 8 heteroatoms. The van der Waals surface area contributed by atoms with Gasteiger partial charge in [0.15, 0.2) is 0 Å². The van der Waals surface area contributed by atoms with Gasteiger partial charge in [-0.15, -0.1) is 11.3 Å². The predicted molar refractivity (Wildman–Crippen MR) is 120 cm³/mol. The van der Waals surface area contributed by atoms with Crippen LogP contribution in [0.3, 0.4) is 0 Å². The normalized spacial score (nSPS) is 10.4. The number of hydrogen-bond acceptors (Lipinski definition) is 4. The second-order valence-corrected chi connectivity index (χ2v) is 8.31. The van der Waals surface area contributed by atoms with Crippen molar-refractivity contribution in [1.82, 2.24) is 4.57 Å². The lowest BCUT2D eigenvalue weighted by atomic mass is 10.1. The number of carbonyl (C=O) groups is 1. The monoisotopic (exact) mass is 445 g/mol. The lowest BCUT2D eigenvalue weighted by Gasteiger charge is -2.04. The number of phenolic OH excluding ortho intramolecular Hbond substituents is 1. The third-order valence-corrected chi connectivity index (χ3v) is 5.71. The first-order valence-electron chi connectivity index (χ1n) is 8.50. The van der Waals surface area contributed by atoms with Crippen LogP contribution in [-0.4, -0.2) is 21.8 Å². The number of primary amides is 1. The number of halogens is 2. The van der Waals surface area contributed by atoms with E-state index < -0.39 is 5.91 Å². The summed E-state index contributed by atoms with van der Waals surface area (Å²) in [6.45, 7) is 0.822. The number of nitrogens with one attached hydrogen (secondary N) is 1. The van der Waals surface area contributed by atoms with Gasteiger partial charge in [-0.2, -0.15) is 0 Å². The first-order valence-corrected chi connectivity index (χ1v) is 10.1. The van der Waals surface area contributed by atoms with Crippen LogP contribution in [0.1, 0.15) is 20.8 Å². The Morgan fingerprint density at radius 1 is 1.17 bits per heavy atom. The predicted octanol–water partition coefficient (Wildman–Crippen LogP) is 5.55. The van der Waals surface area contributed by atoms with Crippen LogP contribution in [0.25, 0.3) is 10.9 Å². The summed E-state index contributed by atoms with van der Waals surface area (Å²) in [7, 11) is 0. The van der Waals surface area contributed by atoms with E-state index in [9.17, 15) is 4.79 Å². The van der Waals surface area contributed by atoms with Crippen LogP contribution < -0.4 is 5.73 Å². The highest BCUT2D eigenvalue weighted by Gasteiger charge is 2.06. The molecule has 2 heterocycles. The topological polar surface area (TPSA) is 92.1 Å². The number of fused-ring (bicyclic) bond motifs is 1. The molecule has 0 saturated carbocycles. The molecule has 0 fully saturated rings. The molecule has 4 aromatic rings. The Labute approximate surface area is 181 Å². The maximum Gasteiger partial charge on any atom is 0.248 e. The molecule has 2 aromatic carbocycles. The van der Waals surface area contributed by atoms with E-state index in [2.05, 4.69) is 29.0 Å². The van der Waals surface area contributed by atoms with Gasteiger partial charge in [0, 0.05) is 39.3 Å². The summed E-state index contributed by atoms with van der Waals surface area (Å²) < 4.78 is 3.01. The van der Waals surface area contributed by atoms with Crippen LogP contribution in [0.15, 0.2) is 60.8 Å². The Morgan fingerprint density at radius 2 is 1.97 bits per heavy atom. The quantitative estimate of drug-likeness (QED) is 0.359. The van der Waals surface area contributed by atoms with E-state index in [1.54, 1.807) is 11.3 Å². The lowest BCUT2D eigenvalue weighted by molar-refractivity contribution is 0.100. The van der Waals surface area contributed by atoms with E-state index in [0.717, 1.165) is 27.3 Å². The van der Waals surface area contributed by atoms with Gasteiger partial charge in [-0.3, -0.25) is 4.79 Å². The van der Waals surface area contributed by atoms with E-state index in [0.29, 0.717) is 0 Å². The molecule has 0 saturated heterocycles. The summed E-state index contributed by atoms with van der Waals surface area (Å²) in [5, 5.41) is 17.6. The molecule has 0 unspecified atom stereocenters. The number of rotatable bonds is 4. The Hall–Kier alpha value is -2.80. The molecule has 0 aliphatic heterocycles. The van der Waals surface area contributed by atoms with Crippen molar-refractivity contribution >= 4 is 57.6 Å². The van der Waals surface area contributed by atoms with Crippen LogP contribution in [0, 0.1) is 5.41 Å².